The zero-order chi connectivity index (χ0) is 26.3. The van der Waals surface area contributed by atoms with E-state index in [0.29, 0.717) is 0 Å². The normalized spacial score (nSPS) is 12.3. The van der Waals surface area contributed by atoms with E-state index in [0.717, 1.165) is 23.7 Å². The first-order valence-corrected chi connectivity index (χ1v) is 10.7. The molecule has 0 bridgehead atoms. The number of aromatic nitrogens is 2. The van der Waals surface area contributed by atoms with Gasteiger partial charge in [-0.3, -0.25) is 4.98 Å². The van der Waals surface area contributed by atoms with Crippen LogP contribution >= 0.6 is 11.3 Å². The molecule has 0 N–H and O–H groups in total. The van der Waals surface area contributed by atoms with E-state index in [2.05, 4.69) is 58.5 Å². The fraction of sp³-hybridized carbons (Fsp3) is 0.0345. The smallest absolute Gasteiger partial charge is 0.0639 e. The van der Waals surface area contributed by atoms with Crippen LogP contribution in [0.15, 0.2) is 116 Å². The molecule has 0 amide bonds. The summed E-state index contributed by atoms with van der Waals surface area (Å²) < 4.78 is 38.1. The summed E-state index contributed by atoms with van der Waals surface area (Å²) in [6, 6.07) is 34.2. The fourth-order valence-corrected chi connectivity index (χ4v) is 4.06. The van der Waals surface area contributed by atoms with E-state index < -0.39 is 6.85 Å². The van der Waals surface area contributed by atoms with Crippen molar-refractivity contribution in [1.82, 2.24) is 9.97 Å². The second kappa shape index (κ2) is 12.8. The Morgan fingerprint density at radius 1 is 0.879 bits per heavy atom. The molecule has 0 saturated heterocycles. The summed E-state index contributed by atoms with van der Waals surface area (Å²) in [7, 11) is 0. The number of pyridine rings is 2. The van der Waals surface area contributed by atoms with Gasteiger partial charge in [0.15, 0.2) is 0 Å². The third-order valence-electron chi connectivity index (χ3n) is 4.42. The molecule has 33 heavy (non-hydrogen) atoms. The first-order valence-electron chi connectivity index (χ1n) is 12.4. The van der Waals surface area contributed by atoms with E-state index in [9.17, 15) is 0 Å². The zero-order valence-corrected chi connectivity index (χ0v) is 20.7. The maximum atomic E-state index is 7.26. The van der Waals surface area contributed by atoms with Gasteiger partial charge < -0.3 is 4.98 Å². The Kier molecular flexibility index (Phi) is 7.07. The minimum atomic E-state index is -2.35. The summed E-state index contributed by atoms with van der Waals surface area (Å²) in [5.41, 5.74) is 1.84. The van der Waals surface area contributed by atoms with Gasteiger partial charge in [0.05, 0.1) is 2.74 Å². The predicted molar refractivity (Wildman–Crippen MR) is 136 cm³/mol. The Hall–Kier alpha value is -3.17. The molecular weight excluding hydrogens is 601 g/mol. The number of fused-ring (bicyclic) bond motifs is 3. The Bertz CT molecular complexity index is 1500. The van der Waals surface area contributed by atoms with Gasteiger partial charge in [-0.25, -0.2) is 0 Å². The van der Waals surface area contributed by atoms with Gasteiger partial charge in [-0.1, -0.05) is 46.5 Å². The molecule has 1 radical (unpaired) electrons. The van der Waals surface area contributed by atoms with Crippen LogP contribution in [0, 0.1) is 19.0 Å². The Labute approximate surface area is 219 Å². The molecule has 0 aliphatic rings. The zero-order valence-electron chi connectivity index (χ0n) is 22.5. The van der Waals surface area contributed by atoms with Crippen molar-refractivity contribution in [2.75, 3.05) is 0 Å². The summed E-state index contributed by atoms with van der Waals surface area (Å²) in [6.07, 6.45) is 4.04. The van der Waals surface area contributed by atoms with Crippen molar-refractivity contribution in [3.05, 3.63) is 133 Å². The van der Waals surface area contributed by atoms with Gasteiger partial charge in [0.2, 0.25) is 0 Å². The van der Waals surface area contributed by atoms with Crippen molar-refractivity contribution >= 4 is 31.5 Å². The van der Waals surface area contributed by atoms with E-state index in [1.807, 2.05) is 59.9 Å². The first kappa shape index (κ1) is 18.3. The van der Waals surface area contributed by atoms with Gasteiger partial charge in [-0.2, -0.15) is 35.6 Å². The number of hydrogen-bond donors (Lipinski definition) is 0. The molecule has 0 atom stereocenters. The first-order chi connectivity index (χ1) is 17.8. The topological polar surface area (TPSA) is 25.8 Å². The molecule has 6 aromatic rings. The van der Waals surface area contributed by atoms with Crippen LogP contribution in [0.1, 0.15) is 12.4 Å². The molecular formula is C29H22IrN2S-2. The van der Waals surface area contributed by atoms with Gasteiger partial charge in [-0.15, -0.1) is 41.3 Å². The second-order valence-electron chi connectivity index (χ2n) is 6.60. The van der Waals surface area contributed by atoms with E-state index >= 15 is 0 Å². The molecule has 2 nitrogen and oxygen atoms in total. The van der Waals surface area contributed by atoms with Crippen LogP contribution in [-0.2, 0) is 20.1 Å². The molecule has 0 spiro atoms. The molecule has 3 heterocycles. The van der Waals surface area contributed by atoms with Crippen LogP contribution in [0.4, 0.5) is 0 Å². The number of aryl methyl sites for hydroxylation is 1. The molecule has 0 aliphatic heterocycles. The van der Waals surface area contributed by atoms with Gasteiger partial charge in [-0.05, 0) is 36.3 Å². The number of nitrogens with zero attached hydrogens (tertiary/aromatic N) is 2. The summed E-state index contributed by atoms with van der Waals surface area (Å²) in [6.45, 7) is -2.35. The van der Waals surface area contributed by atoms with Gasteiger partial charge >= 0.3 is 0 Å². The molecule has 165 valence electrons. The standard InChI is InChI=1S/C12H7S.C11H8N.C6H7N.Ir/c1-3-7-11-9(5-1)10-6-2-4-8-12(10)13-11;1-2-6-10(7-3-1)11-8-4-5-9-12-11;1-6-3-2-4-7-5-6;/h1,3-8H;1-6,8-9H;2-5H,1H3;/q2*-1;;/i;;1D3,2D,3D;. The maximum Gasteiger partial charge on any atom is 0.0639 e. The largest absolute Gasteiger partial charge is 0.305 e. The number of thiophene rings is 1. The molecule has 0 unspecified atom stereocenters. The average Bonchev–Trinajstić information content (AvgIpc) is 3.30. The van der Waals surface area contributed by atoms with Crippen molar-refractivity contribution in [2.45, 2.75) is 6.85 Å². The summed E-state index contributed by atoms with van der Waals surface area (Å²) in [5, 5.41) is 2.67. The van der Waals surface area contributed by atoms with E-state index in [1.54, 1.807) is 6.20 Å². The van der Waals surface area contributed by atoms with E-state index in [1.165, 1.54) is 20.2 Å². The Morgan fingerprint density at radius 2 is 1.73 bits per heavy atom. The molecule has 4 heteroatoms. The molecule has 0 saturated carbocycles. The average molecular weight is 628 g/mol. The third kappa shape index (κ3) is 6.90. The quantitative estimate of drug-likeness (QED) is 0.174. The van der Waals surface area contributed by atoms with Gasteiger partial charge in [0.25, 0.3) is 0 Å². The Balaban J connectivity index is 0.000000156. The number of benzene rings is 3. The van der Waals surface area contributed by atoms with E-state index in [-0.39, 0.29) is 37.8 Å². The third-order valence-corrected chi connectivity index (χ3v) is 5.57. The number of hydrogen-bond acceptors (Lipinski definition) is 3. The van der Waals surface area contributed by atoms with Crippen molar-refractivity contribution in [3.8, 4) is 11.3 Å². The van der Waals surface area contributed by atoms with Crippen LogP contribution in [0.25, 0.3) is 31.4 Å². The van der Waals surface area contributed by atoms with Gasteiger partial charge in [0, 0.05) is 47.5 Å². The molecule has 0 aliphatic carbocycles. The predicted octanol–water partition coefficient (Wildman–Crippen LogP) is 7.79. The Morgan fingerprint density at radius 3 is 2.52 bits per heavy atom. The monoisotopic (exact) mass is 628 g/mol. The summed E-state index contributed by atoms with van der Waals surface area (Å²) in [4.78, 5) is 7.76. The van der Waals surface area contributed by atoms with Crippen LogP contribution in [0.3, 0.4) is 0 Å². The van der Waals surface area contributed by atoms with Crippen LogP contribution in [-0.4, -0.2) is 9.97 Å². The molecule has 3 aromatic heterocycles. The minimum Gasteiger partial charge on any atom is -0.305 e. The van der Waals surface area contributed by atoms with Crippen molar-refractivity contribution in [2.24, 2.45) is 0 Å². The van der Waals surface area contributed by atoms with Gasteiger partial charge in [0.1, 0.15) is 0 Å². The second-order valence-corrected chi connectivity index (χ2v) is 7.69. The SMILES string of the molecule is [2H]c1cncc(C([2H])([2H])[2H])c1[2H].[Ir].[c-]1ccc2sc3ccccc3c2c1.[c-]1ccccc1-c1ccccn1. The summed E-state index contributed by atoms with van der Waals surface area (Å²) >= 11 is 1.84. The molecule has 6 rings (SSSR count). The van der Waals surface area contributed by atoms with Crippen LogP contribution in [0.2, 0.25) is 0 Å². The van der Waals surface area contributed by atoms with Crippen molar-refractivity contribution < 1.29 is 27.0 Å². The van der Waals surface area contributed by atoms with Crippen LogP contribution in [0.5, 0.6) is 0 Å². The van der Waals surface area contributed by atoms with Crippen molar-refractivity contribution in [3.63, 3.8) is 0 Å². The van der Waals surface area contributed by atoms with E-state index in [4.69, 9.17) is 6.85 Å². The molecule has 3 aromatic carbocycles. The summed E-state index contributed by atoms with van der Waals surface area (Å²) in [5.74, 6) is 0. The molecule has 0 fully saturated rings. The minimum absolute atomic E-state index is 0. The van der Waals surface area contributed by atoms with Crippen molar-refractivity contribution in [1.29, 1.82) is 0 Å². The number of rotatable bonds is 1. The fourth-order valence-electron chi connectivity index (χ4n) is 2.98. The van der Waals surface area contributed by atoms with Crippen LogP contribution < -0.4 is 0 Å². The maximum absolute atomic E-state index is 7.26.